The van der Waals surface area contributed by atoms with Gasteiger partial charge in [-0.25, -0.2) is 0 Å². The number of hydrogen-bond donors (Lipinski definition) is 0. The van der Waals surface area contributed by atoms with Crippen molar-refractivity contribution in [3.63, 3.8) is 0 Å². The number of benzene rings is 7. The fourth-order valence-electron chi connectivity index (χ4n) is 6.71. The zero-order valence-corrected chi connectivity index (χ0v) is 26.1. The SMILES string of the molecule is Cc1ccc(N(c2ccc(-c3ccccc3C)cc2)c2cccc3c2c2ccccc2n3-c2ccc(-c3ccccc3)cc2)cc1. The standard InChI is InChI=1S/C44H34N2/c1-31-19-25-36(26-20-31)45(37-29-23-35(24-30-37)39-14-7-6-11-32(39)2)42-17-10-18-43-44(42)40-15-8-9-16-41(40)46(43)38-27-21-34(22-28-38)33-12-4-3-5-13-33/h3-30H,1-2H3. The highest BCUT2D eigenvalue weighted by atomic mass is 15.1. The van der Waals surface area contributed by atoms with Crippen LogP contribution in [0.1, 0.15) is 11.1 Å². The fraction of sp³-hybridized carbons (Fsp3) is 0.0455. The van der Waals surface area contributed by atoms with Gasteiger partial charge in [-0.1, -0.05) is 121 Å². The summed E-state index contributed by atoms with van der Waals surface area (Å²) in [6.45, 7) is 4.32. The molecule has 0 radical (unpaired) electrons. The number of hydrogen-bond acceptors (Lipinski definition) is 1. The van der Waals surface area contributed by atoms with Gasteiger partial charge in [0.05, 0.1) is 16.7 Å². The maximum atomic E-state index is 2.40. The van der Waals surface area contributed by atoms with Gasteiger partial charge in [0.15, 0.2) is 0 Å². The minimum atomic E-state index is 1.12. The van der Waals surface area contributed by atoms with E-state index in [1.54, 1.807) is 0 Å². The molecule has 0 fully saturated rings. The van der Waals surface area contributed by atoms with E-state index in [0.29, 0.717) is 0 Å². The number of rotatable bonds is 6. The van der Waals surface area contributed by atoms with Crippen LogP contribution in [0.3, 0.4) is 0 Å². The van der Waals surface area contributed by atoms with Gasteiger partial charge >= 0.3 is 0 Å². The van der Waals surface area contributed by atoms with Crippen molar-refractivity contribution in [1.82, 2.24) is 4.57 Å². The van der Waals surface area contributed by atoms with Crippen LogP contribution in [0.5, 0.6) is 0 Å². The Morgan fingerprint density at radius 2 is 1.02 bits per heavy atom. The van der Waals surface area contributed by atoms with Crippen LogP contribution in [0, 0.1) is 13.8 Å². The van der Waals surface area contributed by atoms with Crippen molar-refractivity contribution in [3.8, 4) is 27.9 Å². The van der Waals surface area contributed by atoms with Gasteiger partial charge in [0.2, 0.25) is 0 Å². The second-order valence-corrected chi connectivity index (χ2v) is 12.0. The summed E-state index contributed by atoms with van der Waals surface area (Å²) in [5, 5.41) is 2.46. The number of anilines is 3. The highest BCUT2D eigenvalue weighted by molar-refractivity contribution is 6.16. The summed E-state index contributed by atoms with van der Waals surface area (Å²) in [5.74, 6) is 0. The lowest BCUT2D eigenvalue weighted by Gasteiger charge is -2.27. The van der Waals surface area contributed by atoms with Gasteiger partial charge in [-0.3, -0.25) is 0 Å². The normalized spacial score (nSPS) is 11.3. The van der Waals surface area contributed by atoms with Gasteiger partial charge in [-0.05, 0) is 96.3 Å². The molecular formula is C44H34N2. The zero-order valence-electron chi connectivity index (χ0n) is 26.1. The van der Waals surface area contributed by atoms with Crippen LogP contribution in [-0.2, 0) is 0 Å². The Kier molecular flexibility index (Phi) is 6.96. The first kappa shape index (κ1) is 27.7. The van der Waals surface area contributed by atoms with E-state index in [1.165, 1.54) is 55.2 Å². The molecule has 0 saturated heterocycles. The highest BCUT2D eigenvalue weighted by Gasteiger charge is 2.21. The molecular weight excluding hydrogens is 556 g/mol. The molecule has 0 unspecified atom stereocenters. The van der Waals surface area contributed by atoms with Crippen molar-refractivity contribution >= 4 is 38.9 Å². The minimum Gasteiger partial charge on any atom is -0.310 e. The van der Waals surface area contributed by atoms with Crippen LogP contribution in [0.4, 0.5) is 17.1 Å². The number of aryl methyl sites for hydroxylation is 2. The van der Waals surface area contributed by atoms with E-state index in [1.807, 2.05) is 0 Å². The lowest BCUT2D eigenvalue weighted by molar-refractivity contribution is 1.18. The Morgan fingerprint density at radius 3 is 1.76 bits per heavy atom. The molecule has 0 aliphatic rings. The van der Waals surface area contributed by atoms with Crippen molar-refractivity contribution < 1.29 is 0 Å². The molecule has 0 aliphatic heterocycles. The molecule has 0 atom stereocenters. The van der Waals surface area contributed by atoms with Gasteiger partial charge in [0.25, 0.3) is 0 Å². The quantitative estimate of drug-likeness (QED) is 0.187. The van der Waals surface area contributed by atoms with Crippen LogP contribution >= 0.6 is 0 Å². The fourth-order valence-corrected chi connectivity index (χ4v) is 6.71. The van der Waals surface area contributed by atoms with E-state index in [4.69, 9.17) is 0 Å². The highest BCUT2D eigenvalue weighted by Crippen LogP contribution is 2.44. The van der Waals surface area contributed by atoms with Gasteiger partial charge < -0.3 is 9.47 Å². The molecule has 0 spiro atoms. The van der Waals surface area contributed by atoms with E-state index >= 15 is 0 Å². The molecule has 7 aromatic carbocycles. The van der Waals surface area contributed by atoms with Crippen molar-refractivity contribution in [2.45, 2.75) is 13.8 Å². The number of para-hydroxylation sites is 1. The predicted octanol–water partition coefficient (Wildman–Crippen LogP) is 12.2. The third kappa shape index (κ3) is 4.85. The first-order chi connectivity index (χ1) is 22.7. The topological polar surface area (TPSA) is 8.17 Å². The van der Waals surface area contributed by atoms with E-state index in [9.17, 15) is 0 Å². The second-order valence-electron chi connectivity index (χ2n) is 12.0. The smallest absolute Gasteiger partial charge is 0.0562 e. The second kappa shape index (κ2) is 11.6. The number of aromatic nitrogens is 1. The van der Waals surface area contributed by atoms with Gasteiger partial charge in [-0.15, -0.1) is 0 Å². The van der Waals surface area contributed by atoms with Crippen LogP contribution in [-0.4, -0.2) is 4.57 Å². The van der Waals surface area contributed by atoms with Crippen molar-refractivity contribution in [1.29, 1.82) is 0 Å². The van der Waals surface area contributed by atoms with Gasteiger partial charge in [0.1, 0.15) is 0 Å². The van der Waals surface area contributed by atoms with Crippen molar-refractivity contribution in [2.24, 2.45) is 0 Å². The molecule has 0 bridgehead atoms. The summed E-state index contributed by atoms with van der Waals surface area (Å²) in [4.78, 5) is 2.40. The molecule has 0 saturated carbocycles. The molecule has 46 heavy (non-hydrogen) atoms. The third-order valence-corrected chi connectivity index (χ3v) is 9.02. The summed E-state index contributed by atoms with van der Waals surface area (Å²) in [6, 6.07) is 61.4. The van der Waals surface area contributed by atoms with E-state index in [0.717, 1.165) is 22.7 Å². The van der Waals surface area contributed by atoms with Crippen LogP contribution < -0.4 is 4.90 Å². The number of nitrogens with zero attached hydrogens (tertiary/aromatic N) is 2. The Bertz CT molecular complexity index is 2290. The maximum absolute atomic E-state index is 2.40. The molecule has 2 heteroatoms. The monoisotopic (exact) mass is 590 g/mol. The van der Waals surface area contributed by atoms with Crippen LogP contribution in [0.25, 0.3) is 49.7 Å². The molecule has 2 nitrogen and oxygen atoms in total. The van der Waals surface area contributed by atoms with E-state index in [-0.39, 0.29) is 0 Å². The van der Waals surface area contributed by atoms with Crippen molar-refractivity contribution in [3.05, 3.63) is 181 Å². The van der Waals surface area contributed by atoms with Crippen LogP contribution in [0.15, 0.2) is 170 Å². The Balaban J connectivity index is 1.32. The van der Waals surface area contributed by atoms with Crippen LogP contribution in [0.2, 0.25) is 0 Å². The summed E-state index contributed by atoms with van der Waals surface area (Å²) in [6.07, 6.45) is 0. The first-order valence-corrected chi connectivity index (χ1v) is 15.9. The minimum absolute atomic E-state index is 1.12. The molecule has 0 N–H and O–H groups in total. The molecule has 1 aromatic heterocycles. The largest absolute Gasteiger partial charge is 0.310 e. The van der Waals surface area contributed by atoms with E-state index in [2.05, 4.69) is 193 Å². The average molecular weight is 591 g/mol. The van der Waals surface area contributed by atoms with E-state index < -0.39 is 0 Å². The Morgan fingerprint density at radius 1 is 0.435 bits per heavy atom. The van der Waals surface area contributed by atoms with Gasteiger partial charge in [-0.2, -0.15) is 0 Å². The molecule has 0 aliphatic carbocycles. The third-order valence-electron chi connectivity index (χ3n) is 9.02. The number of fused-ring (bicyclic) bond motifs is 3. The van der Waals surface area contributed by atoms with Crippen molar-refractivity contribution in [2.75, 3.05) is 4.90 Å². The summed E-state index contributed by atoms with van der Waals surface area (Å²) in [5.41, 5.74) is 14.4. The molecule has 220 valence electrons. The Hall–Kier alpha value is -5.86. The van der Waals surface area contributed by atoms with Gasteiger partial charge in [0, 0.05) is 27.8 Å². The lowest BCUT2D eigenvalue weighted by atomic mass is 10.00. The molecule has 0 amide bonds. The maximum Gasteiger partial charge on any atom is 0.0562 e. The molecule has 8 rings (SSSR count). The first-order valence-electron chi connectivity index (χ1n) is 15.9. The summed E-state index contributed by atoms with van der Waals surface area (Å²) in [7, 11) is 0. The molecule has 1 heterocycles. The Labute approximate surface area is 270 Å². The predicted molar refractivity (Wildman–Crippen MR) is 196 cm³/mol. The average Bonchev–Trinajstić information content (AvgIpc) is 3.45. The summed E-state index contributed by atoms with van der Waals surface area (Å²) < 4.78 is 2.40. The molecule has 8 aromatic rings. The summed E-state index contributed by atoms with van der Waals surface area (Å²) >= 11 is 0. The zero-order chi connectivity index (χ0) is 31.0. The lowest BCUT2D eigenvalue weighted by Crippen LogP contribution is -2.10.